The van der Waals surface area contributed by atoms with Gasteiger partial charge in [0.25, 0.3) is 0 Å². The molecule has 0 aliphatic carbocycles. The Bertz CT molecular complexity index is 722. The molecular formula is C14H15N5OS. The number of carbonyl (C=O) groups is 1. The molecule has 3 rings (SSSR count). The first-order valence-electron chi connectivity index (χ1n) is 6.67. The summed E-state index contributed by atoms with van der Waals surface area (Å²) in [6, 6.07) is 7.79. The normalized spacial score (nSPS) is 10.7. The molecule has 0 aliphatic rings. The SMILES string of the molecule is O=C(NCCCn1cnc2ccccc21)Nc1nccs1. The summed E-state index contributed by atoms with van der Waals surface area (Å²) in [6.45, 7) is 1.42. The summed E-state index contributed by atoms with van der Waals surface area (Å²) >= 11 is 1.39. The van der Waals surface area contributed by atoms with Crippen molar-refractivity contribution in [3.8, 4) is 0 Å². The van der Waals surface area contributed by atoms with Gasteiger partial charge in [0.05, 0.1) is 17.4 Å². The predicted octanol–water partition coefficient (Wildman–Crippen LogP) is 2.70. The van der Waals surface area contributed by atoms with E-state index < -0.39 is 0 Å². The Kier molecular flexibility index (Phi) is 4.11. The van der Waals surface area contributed by atoms with Gasteiger partial charge in [-0.15, -0.1) is 11.3 Å². The second-order valence-corrected chi connectivity index (χ2v) is 5.39. The molecule has 2 heterocycles. The Morgan fingerprint density at radius 3 is 3.05 bits per heavy atom. The molecule has 0 radical (unpaired) electrons. The summed E-state index contributed by atoms with van der Waals surface area (Å²) in [6.07, 6.45) is 4.33. The number of nitrogens with zero attached hydrogens (tertiary/aromatic N) is 3. The molecule has 2 amide bonds. The van der Waals surface area contributed by atoms with Crippen LogP contribution >= 0.6 is 11.3 Å². The maximum atomic E-state index is 11.6. The summed E-state index contributed by atoms with van der Waals surface area (Å²) in [5.41, 5.74) is 2.11. The summed E-state index contributed by atoms with van der Waals surface area (Å²) in [7, 11) is 0. The Balaban J connectivity index is 1.45. The smallest absolute Gasteiger partial charge is 0.321 e. The van der Waals surface area contributed by atoms with Gasteiger partial charge in [0.2, 0.25) is 0 Å². The number of rotatable bonds is 5. The van der Waals surface area contributed by atoms with Crippen LogP contribution in [-0.4, -0.2) is 27.1 Å². The number of imidazole rings is 1. The van der Waals surface area contributed by atoms with Crippen LogP contribution in [0.5, 0.6) is 0 Å². The highest BCUT2D eigenvalue weighted by atomic mass is 32.1. The molecule has 0 fully saturated rings. The number of urea groups is 1. The molecule has 3 aromatic rings. The van der Waals surface area contributed by atoms with Crippen LogP contribution in [0.4, 0.5) is 9.93 Å². The molecule has 1 aromatic carbocycles. The van der Waals surface area contributed by atoms with Gasteiger partial charge in [-0.25, -0.2) is 14.8 Å². The average Bonchev–Trinajstić information content (AvgIpc) is 3.13. The van der Waals surface area contributed by atoms with Crippen molar-refractivity contribution in [3.63, 3.8) is 0 Å². The number of anilines is 1. The van der Waals surface area contributed by atoms with Crippen molar-refractivity contribution >= 4 is 33.5 Å². The van der Waals surface area contributed by atoms with Crippen molar-refractivity contribution in [2.45, 2.75) is 13.0 Å². The molecule has 2 N–H and O–H groups in total. The molecular weight excluding hydrogens is 286 g/mol. The molecule has 2 aromatic heterocycles. The first kappa shape index (κ1) is 13.6. The van der Waals surface area contributed by atoms with Crippen LogP contribution in [0.3, 0.4) is 0 Å². The number of para-hydroxylation sites is 2. The monoisotopic (exact) mass is 301 g/mol. The summed E-state index contributed by atoms with van der Waals surface area (Å²) < 4.78 is 2.09. The third-order valence-electron chi connectivity index (χ3n) is 3.04. The van der Waals surface area contributed by atoms with E-state index in [9.17, 15) is 4.79 Å². The number of hydrogen-bond acceptors (Lipinski definition) is 4. The van der Waals surface area contributed by atoms with Gasteiger partial charge in [-0.3, -0.25) is 5.32 Å². The Hall–Kier alpha value is -2.41. The molecule has 21 heavy (non-hydrogen) atoms. The number of nitrogens with one attached hydrogen (secondary N) is 2. The molecule has 0 spiro atoms. The zero-order valence-electron chi connectivity index (χ0n) is 11.3. The summed E-state index contributed by atoms with van der Waals surface area (Å²) in [5, 5.41) is 7.92. The van der Waals surface area contributed by atoms with E-state index in [0.29, 0.717) is 11.7 Å². The molecule has 0 bridgehead atoms. The number of thiazole rings is 1. The fraction of sp³-hybridized carbons (Fsp3) is 0.214. The second kappa shape index (κ2) is 6.36. The Labute approximate surface area is 125 Å². The number of benzene rings is 1. The van der Waals surface area contributed by atoms with Crippen LogP contribution in [-0.2, 0) is 6.54 Å². The Morgan fingerprint density at radius 2 is 2.19 bits per heavy atom. The van der Waals surface area contributed by atoms with Gasteiger partial charge < -0.3 is 9.88 Å². The lowest BCUT2D eigenvalue weighted by Crippen LogP contribution is -2.29. The standard InChI is InChI=1S/C14H15N5OS/c20-13(18-14-16-7-9-21-14)15-6-3-8-19-10-17-11-4-1-2-5-12(11)19/h1-2,4-5,7,9-10H,3,6,8H2,(H2,15,16,18,20). The van der Waals surface area contributed by atoms with Gasteiger partial charge in [-0.2, -0.15) is 0 Å². The molecule has 0 atom stereocenters. The van der Waals surface area contributed by atoms with Crippen molar-refractivity contribution < 1.29 is 4.79 Å². The molecule has 0 saturated heterocycles. The van der Waals surface area contributed by atoms with E-state index in [1.54, 1.807) is 6.20 Å². The van der Waals surface area contributed by atoms with Gasteiger partial charge in [-0.05, 0) is 18.6 Å². The minimum atomic E-state index is -0.222. The lowest BCUT2D eigenvalue weighted by molar-refractivity contribution is 0.252. The third kappa shape index (κ3) is 3.38. The van der Waals surface area contributed by atoms with Crippen LogP contribution in [0.2, 0.25) is 0 Å². The zero-order valence-corrected chi connectivity index (χ0v) is 12.1. The first-order valence-corrected chi connectivity index (χ1v) is 7.55. The van der Waals surface area contributed by atoms with E-state index in [4.69, 9.17) is 0 Å². The molecule has 0 aliphatic heterocycles. The van der Waals surface area contributed by atoms with Crippen LogP contribution in [0, 0.1) is 0 Å². The van der Waals surface area contributed by atoms with E-state index in [2.05, 4.69) is 25.2 Å². The molecule has 7 heteroatoms. The van der Waals surface area contributed by atoms with Crippen molar-refractivity contribution in [2.75, 3.05) is 11.9 Å². The molecule has 108 valence electrons. The lowest BCUT2D eigenvalue weighted by atomic mass is 10.3. The van der Waals surface area contributed by atoms with Crippen molar-refractivity contribution in [1.82, 2.24) is 19.9 Å². The molecule has 0 unspecified atom stereocenters. The van der Waals surface area contributed by atoms with Gasteiger partial charge in [0.1, 0.15) is 0 Å². The fourth-order valence-corrected chi connectivity index (χ4v) is 2.59. The van der Waals surface area contributed by atoms with Gasteiger partial charge >= 0.3 is 6.03 Å². The highest BCUT2D eigenvalue weighted by molar-refractivity contribution is 7.13. The number of fused-ring (bicyclic) bond motifs is 1. The minimum Gasteiger partial charge on any atom is -0.338 e. The number of carbonyl (C=O) groups excluding carboxylic acids is 1. The van der Waals surface area contributed by atoms with Crippen LogP contribution in [0.1, 0.15) is 6.42 Å². The van der Waals surface area contributed by atoms with E-state index in [1.807, 2.05) is 36.0 Å². The van der Waals surface area contributed by atoms with E-state index in [-0.39, 0.29) is 6.03 Å². The summed E-state index contributed by atoms with van der Waals surface area (Å²) in [4.78, 5) is 19.9. The summed E-state index contributed by atoms with van der Waals surface area (Å²) in [5.74, 6) is 0. The quantitative estimate of drug-likeness (QED) is 0.712. The largest absolute Gasteiger partial charge is 0.338 e. The second-order valence-electron chi connectivity index (χ2n) is 4.50. The van der Waals surface area contributed by atoms with Gasteiger partial charge in [0.15, 0.2) is 5.13 Å². The van der Waals surface area contributed by atoms with E-state index in [1.165, 1.54) is 11.3 Å². The van der Waals surface area contributed by atoms with Crippen molar-refractivity contribution in [1.29, 1.82) is 0 Å². The Morgan fingerprint density at radius 1 is 1.29 bits per heavy atom. The topological polar surface area (TPSA) is 71.8 Å². The lowest BCUT2D eigenvalue weighted by Gasteiger charge is -2.06. The van der Waals surface area contributed by atoms with Crippen LogP contribution < -0.4 is 10.6 Å². The van der Waals surface area contributed by atoms with E-state index in [0.717, 1.165) is 24.0 Å². The molecule has 6 nitrogen and oxygen atoms in total. The van der Waals surface area contributed by atoms with E-state index >= 15 is 0 Å². The van der Waals surface area contributed by atoms with Gasteiger partial charge in [-0.1, -0.05) is 12.1 Å². The third-order valence-corrected chi connectivity index (χ3v) is 3.73. The average molecular weight is 301 g/mol. The maximum absolute atomic E-state index is 11.6. The number of aromatic nitrogens is 3. The first-order chi connectivity index (χ1) is 10.3. The van der Waals surface area contributed by atoms with Crippen molar-refractivity contribution in [3.05, 3.63) is 42.2 Å². The number of aryl methyl sites for hydroxylation is 1. The van der Waals surface area contributed by atoms with Gasteiger partial charge in [0, 0.05) is 24.7 Å². The maximum Gasteiger partial charge on any atom is 0.321 e. The molecule has 0 saturated carbocycles. The van der Waals surface area contributed by atoms with Crippen LogP contribution in [0.15, 0.2) is 42.2 Å². The number of hydrogen-bond donors (Lipinski definition) is 2. The number of amides is 2. The highest BCUT2D eigenvalue weighted by Gasteiger charge is 2.03. The minimum absolute atomic E-state index is 0.222. The van der Waals surface area contributed by atoms with Crippen LogP contribution in [0.25, 0.3) is 11.0 Å². The zero-order chi connectivity index (χ0) is 14.5. The fourth-order valence-electron chi connectivity index (χ4n) is 2.07. The highest BCUT2D eigenvalue weighted by Crippen LogP contribution is 2.12. The van der Waals surface area contributed by atoms with Crippen molar-refractivity contribution in [2.24, 2.45) is 0 Å². The predicted molar refractivity (Wildman–Crippen MR) is 83.5 cm³/mol.